The highest BCUT2D eigenvalue weighted by Gasteiger charge is 2.56. The predicted octanol–water partition coefficient (Wildman–Crippen LogP) is 2.00. The van der Waals surface area contributed by atoms with E-state index in [1.54, 1.807) is 7.11 Å². The van der Waals surface area contributed by atoms with E-state index in [9.17, 15) is 4.39 Å². The van der Waals surface area contributed by atoms with Crippen LogP contribution < -0.4 is 0 Å². The lowest BCUT2D eigenvalue weighted by Gasteiger charge is -2.32. The van der Waals surface area contributed by atoms with Crippen molar-refractivity contribution >= 4 is 0 Å². The zero-order valence-corrected chi connectivity index (χ0v) is 11.2. The van der Waals surface area contributed by atoms with Gasteiger partial charge in [0.2, 0.25) is 0 Å². The van der Waals surface area contributed by atoms with Crippen LogP contribution in [0.5, 0.6) is 0 Å². The van der Waals surface area contributed by atoms with Gasteiger partial charge < -0.3 is 9.47 Å². The van der Waals surface area contributed by atoms with E-state index in [0.29, 0.717) is 19.6 Å². The van der Waals surface area contributed by atoms with Crippen LogP contribution in [0.4, 0.5) is 4.39 Å². The zero-order chi connectivity index (χ0) is 12.5. The Morgan fingerprint density at radius 3 is 2.76 bits per heavy atom. The standard InChI is InChI=1S/C13H24FNO2/c1-11(2)17-10-13-5-4-6-15(13)8-12(14,7-13)9-16-3/h11H,4-10H2,1-3H3/t12-,13+/m1/s1. The van der Waals surface area contributed by atoms with E-state index < -0.39 is 5.67 Å². The first kappa shape index (κ1) is 13.2. The Bertz CT molecular complexity index is 274. The van der Waals surface area contributed by atoms with Gasteiger partial charge in [-0.3, -0.25) is 4.90 Å². The summed E-state index contributed by atoms with van der Waals surface area (Å²) in [6, 6.07) is 0. The van der Waals surface area contributed by atoms with Gasteiger partial charge in [0.25, 0.3) is 0 Å². The molecule has 2 fully saturated rings. The average molecular weight is 245 g/mol. The lowest BCUT2D eigenvalue weighted by atomic mass is 9.89. The van der Waals surface area contributed by atoms with Gasteiger partial charge >= 0.3 is 0 Å². The van der Waals surface area contributed by atoms with Crippen molar-refractivity contribution < 1.29 is 13.9 Å². The van der Waals surface area contributed by atoms with Gasteiger partial charge in [-0.05, 0) is 33.2 Å². The summed E-state index contributed by atoms with van der Waals surface area (Å²) in [7, 11) is 1.57. The average Bonchev–Trinajstić information content (AvgIpc) is 2.69. The van der Waals surface area contributed by atoms with Crippen molar-refractivity contribution in [2.75, 3.05) is 33.4 Å². The summed E-state index contributed by atoms with van der Waals surface area (Å²) in [4.78, 5) is 2.27. The molecule has 2 saturated heterocycles. The first-order chi connectivity index (χ1) is 8.00. The molecule has 2 rings (SSSR count). The van der Waals surface area contributed by atoms with Crippen molar-refractivity contribution in [2.24, 2.45) is 0 Å². The molecule has 0 N–H and O–H groups in total. The highest BCUT2D eigenvalue weighted by Crippen LogP contribution is 2.45. The predicted molar refractivity (Wildman–Crippen MR) is 65.0 cm³/mol. The highest BCUT2D eigenvalue weighted by atomic mass is 19.1. The Hall–Kier alpha value is -0.190. The number of nitrogens with zero attached hydrogens (tertiary/aromatic N) is 1. The van der Waals surface area contributed by atoms with Crippen LogP contribution in [0.1, 0.15) is 33.1 Å². The van der Waals surface area contributed by atoms with Crippen molar-refractivity contribution in [2.45, 2.75) is 50.4 Å². The first-order valence-corrected chi connectivity index (χ1v) is 6.54. The van der Waals surface area contributed by atoms with Gasteiger partial charge in [-0.15, -0.1) is 0 Å². The zero-order valence-electron chi connectivity index (χ0n) is 11.2. The molecule has 0 aromatic carbocycles. The van der Waals surface area contributed by atoms with Crippen molar-refractivity contribution in [3.63, 3.8) is 0 Å². The Morgan fingerprint density at radius 2 is 2.12 bits per heavy atom. The number of hydrogen-bond donors (Lipinski definition) is 0. The van der Waals surface area contributed by atoms with Crippen LogP contribution in [0, 0.1) is 0 Å². The van der Waals surface area contributed by atoms with Crippen LogP contribution in [-0.2, 0) is 9.47 Å². The van der Waals surface area contributed by atoms with Crippen LogP contribution in [0.3, 0.4) is 0 Å². The maximum atomic E-state index is 14.6. The summed E-state index contributed by atoms with van der Waals surface area (Å²) in [6.07, 6.45) is 2.98. The van der Waals surface area contributed by atoms with Crippen LogP contribution >= 0.6 is 0 Å². The molecule has 0 bridgehead atoms. The molecule has 4 heteroatoms. The van der Waals surface area contributed by atoms with Crippen molar-refractivity contribution in [3.8, 4) is 0 Å². The summed E-state index contributed by atoms with van der Waals surface area (Å²) < 4.78 is 25.4. The molecule has 2 aliphatic rings. The number of hydrogen-bond acceptors (Lipinski definition) is 3. The maximum absolute atomic E-state index is 14.6. The van der Waals surface area contributed by atoms with Gasteiger partial charge in [0.1, 0.15) is 5.67 Å². The fourth-order valence-electron chi connectivity index (χ4n) is 3.32. The largest absolute Gasteiger partial charge is 0.381 e. The SMILES string of the molecule is COC[C@]1(F)CN2CCC[C@@]2(COC(C)C)C1. The minimum Gasteiger partial charge on any atom is -0.381 e. The minimum absolute atomic E-state index is 0.0719. The smallest absolute Gasteiger partial charge is 0.148 e. The second kappa shape index (κ2) is 4.82. The van der Waals surface area contributed by atoms with E-state index in [-0.39, 0.29) is 18.2 Å². The molecule has 2 aliphatic heterocycles. The Labute approximate surface area is 103 Å². The molecule has 3 nitrogen and oxygen atoms in total. The van der Waals surface area contributed by atoms with Crippen molar-refractivity contribution in [1.82, 2.24) is 4.90 Å². The van der Waals surface area contributed by atoms with Crippen LogP contribution in [0.15, 0.2) is 0 Å². The highest BCUT2D eigenvalue weighted by molar-refractivity contribution is 5.09. The number of rotatable bonds is 5. The van der Waals surface area contributed by atoms with E-state index in [4.69, 9.17) is 9.47 Å². The molecule has 100 valence electrons. The molecule has 0 radical (unpaired) electrons. The van der Waals surface area contributed by atoms with Crippen molar-refractivity contribution in [1.29, 1.82) is 0 Å². The fourth-order valence-corrected chi connectivity index (χ4v) is 3.32. The lowest BCUT2D eigenvalue weighted by molar-refractivity contribution is -0.000234. The molecule has 0 aromatic rings. The number of methoxy groups -OCH3 is 1. The van der Waals surface area contributed by atoms with Crippen LogP contribution in [0.2, 0.25) is 0 Å². The fraction of sp³-hybridized carbons (Fsp3) is 1.00. The molecule has 2 heterocycles. The summed E-state index contributed by atoms with van der Waals surface area (Å²) in [6.45, 7) is 6.41. The lowest BCUT2D eigenvalue weighted by Crippen LogP contribution is -2.43. The van der Waals surface area contributed by atoms with E-state index in [0.717, 1.165) is 19.4 Å². The Morgan fingerprint density at radius 1 is 1.35 bits per heavy atom. The molecule has 0 spiro atoms. The van der Waals surface area contributed by atoms with Gasteiger partial charge in [-0.1, -0.05) is 0 Å². The van der Waals surface area contributed by atoms with E-state index in [1.807, 2.05) is 13.8 Å². The summed E-state index contributed by atoms with van der Waals surface area (Å²) in [5.41, 5.74) is -1.26. The summed E-state index contributed by atoms with van der Waals surface area (Å²) in [5, 5.41) is 0. The number of alkyl halides is 1. The van der Waals surface area contributed by atoms with Gasteiger partial charge in [0.05, 0.1) is 19.3 Å². The van der Waals surface area contributed by atoms with E-state index in [2.05, 4.69) is 4.90 Å². The molecular weight excluding hydrogens is 221 g/mol. The monoisotopic (exact) mass is 245 g/mol. The van der Waals surface area contributed by atoms with Gasteiger partial charge in [0.15, 0.2) is 0 Å². The Kier molecular flexibility index (Phi) is 3.76. The minimum atomic E-state index is -1.19. The molecule has 0 aromatic heterocycles. The first-order valence-electron chi connectivity index (χ1n) is 6.54. The summed E-state index contributed by atoms with van der Waals surface area (Å²) >= 11 is 0. The van der Waals surface area contributed by atoms with E-state index in [1.165, 1.54) is 0 Å². The molecular formula is C13H24FNO2. The van der Waals surface area contributed by atoms with Gasteiger partial charge in [-0.2, -0.15) is 0 Å². The number of halogens is 1. The van der Waals surface area contributed by atoms with Crippen LogP contribution in [0.25, 0.3) is 0 Å². The molecule has 0 aliphatic carbocycles. The second-order valence-electron chi connectivity index (χ2n) is 5.87. The van der Waals surface area contributed by atoms with Crippen molar-refractivity contribution in [3.05, 3.63) is 0 Å². The number of fused-ring (bicyclic) bond motifs is 1. The van der Waals surface area contributed by atoms with Gasteiger partial charge in [0, 0.05) is 25.6 Å². The van der Waals surface area contributed by atoms with Gasteiger partial charge in [-0.25, -0.2) is 4.39 Å². The molecule has 0 amide bonds. The maximum Gasteiger partial charge on any atom is 0.148 e. The topological polar surface area (TPSA) is 21.7 Å². The molecule has 0 unspecified atom stereocenters. The quantitative estimate of drug-likeness (QED) is 0.739. The van der Waals surface area contributed by atoms with Crippen LogP contribution in [-0.4, -0.2) is 55.6 Å². The third-order valence-electron chi connectivity index (χ3n) is 3.95. The normalized spacial score (nSPS) is 37.9. The Balaban J connectivity index is 2.04. The molecule has 0 saturated carbocycles. The third kappa shape index (κ3) is 2.64. The summed E-state index contributed by atoms with van der Waals surface area (Å²) in [5.74, 6) is 0. The molecule has 2 atom stereocenters. The number of ether oxygens (including phenoxy) is 2. The van der Waals surface area contributed by atoms with E-state index >= 15 is 0 Å². The second-order valence-corrected chi connectivity index (χ2v) is 5.87. The molecule has 17 heavy (non-hydrogen) atoms. The third-order valence-corrected chi connectivity index (χ3v) is 3.95.